The molecule has 0 unspecified atom stereocenters. The van der Waals surface area contributed by atoms with E-state index in [1.807, 2.05) is 13.1 Å². The third-order valence-corrected chi connectivity index (χ3v) is 4.36. The number of rotatable bonds is 7. The van der Waals surface area contributed by atoms with Crippen LogP contribution < -0.4 is 10.6 Å². The van der Waals surface area contributed by atoms with Crippen molar-refractivity contribution >= 4 is 17.3 Å². The van der Waals surface area contributed by atoms with Gasteiger partial charge in [-0.15, -0.1) is 11.3 Å². The second-order valence-electron chi connectivity index (χ2n) is 5.35. The largest absolute Gasteiger partial charge is 0.434 e. The summed E-state index contributed by atoms with van der Waals surface area (Å²) in [6, 6.07) is 0. The average molecular weight is 374 g/mol. The number of hydrogen-bond donors (Lipinski definition) is 2. The van der Waals surface area contributed by atoms with Crippen LogP contribution in [-0.4, -0.2) is 34.1 Å². The first-order valence-corrected chi connectivity index (χ1v) is 8.72. The first-order valence-electron chi connectivity index (χ1n) is 7.84. The highest BCUT2D eigenvalue weighted by molar-refractivity contribution is 7.09. The summed E-state index contributed by atoms with van der Waals surface area (Å²) >= 11 is 0.976. The predicted octanol–water partition coefficient (Wildman–Crippen LogP) is 2.81. The van der Waals surface area contributed by atoms with Gasteiger partial charge in [0.2, 0.25) is 0 Å². The minimum Gasteiger partial charge on any atom is -0.356 e. The molecule has 0 spiro atoms. The summed E-state index contributed by atoms with van der Waals surface area (Å²) in [5, 5.41) is 7.49. The number of nitrogens with zero attached hydrogens (tertiary/aromatic N) is 4. The molecule has 138 valence electrons. The van der Waals surface area contributed by atoms with Crippen molar-refractivity contribution in [1.29, 1.82) is 0 Å². The SMILES string of the molecule is CN=C(NCCCCn1ccnc1C)NCc1nc(C(F)(F)F)cs1. The molecular weight excluding hydrogens is 353 g/mol. The summed E-state index contributed by atoms with van der Waals surface area (Å²) in [6.07, 6.45) is 1.26. The summed E-state index contributed by atoms with van der Waals surface area (Å²) in [7, 11) is 1.62. The van der Waals surface area contributed by atoms with E-state index in [-0.39, 0.29) is 6.54 Å². The van der Waals surface area contributed by atoms with Gasteiger partial charge in [0.05, 0.1) is 6.54 Å². The number of unbranched alkanes of at least 4 members (excludes halogenated alkanes) is 1. The van der Waals surface area contributed by atoms with Crippen LogP contribution in [0.5, 0.6) is 0 Å². The number of aliphatic imine (C=N–C) groups is 1. The normalized spacial score (nSPS) is 12.4. The number of alkyl halides is 3. The van der Waals surface area contributed by atoms with Crippen molar-refractivity contribution in [2.24, 2.45) is 4.99 Å². The van der Waals surface area contributed by atoms with E-state index in [2.05, 4.69) is 30.2 Å². The second-order valence-corrected chi connectivity index (χ2v) is 6.29. The van der Waals surface area contributed by atoms with Crippen LogP contribution in [0.3, 0.4) is 0 Å². The van der Waals surface area contributed by atoms with E-state index in [9.17, 15) is 13.2 Å². The molecule has 0 aliphatic carbocycles. The minimum absolute atomic E-state index is 0.203. The maximum absolute atomic E-state index is 12.5. The summed E-state index contributed by atoms with van der Waals surface area (Å²) < 4.78 is 39.6. The minimum atomic E-state index is -4.40. The molecule has 6 nitrogen and oxygen atoms in total. The zero-order valence-corrected chi connectivity index (χ0v) is 14.9. The van der Waals surface area contributed by atoms with E-state index in [0.29, 0.717) is 11.0 Å². The monoisotopic (exact) mass is 374 g/mol. The average Bonchev–Trinajstić information content (AvgIpc) is 3.19. The van der Waals surface area contributed by atoms with Gasteiger partial charge in [-0.2, -0.15) is 13.2 Å². The Balaban J connectivity index is 1.67. The molecule has 2 aromatic rings. The van der Waals surface area contributed by atoms with Crippen molar-refractivity contribution < 1.29 is 13.2 Å². The molecule has 0 aliphatic rings. The molecule has 2 N–H and O–H groups in total. The van der Waals surface area contributed by atoms with Crippen molar-refractivity contribution in [2.75, 3.05) is 13.6 Å². The zero-order valence-electron chi connectivity index (χ0n) is 14.1. The molecule has 0 atom stereocenters. The van der Waals surface area contributed by atoms with Gasteiger partial charge >= 0.3 is 6.18 Å². The third-order valence-electron chi connectivity index (χ3n) is 3.51. The highest BCUT2D eigenvalue weighted by atomic mass is 32.1. The molecule has 25 heavy (non-hydrogen) atoms. The Hall–Kier alpha value is -2.10. The zero-order chi connectivity index (χ0) is 18.3. The highest BCUT2D eigenvalue weighted by Crippen LogP contribution is 2.29. The molecule has 2 rings (SSSR count). The first-order chi connectivity index (χ1) is 11.9. The molecule has 0 saturated carbocycles. The number of halogens is 3. The molecule has 10 heteroatoms. The fourth-order valence-electron chi connectivity index (χ4n) is 2.16. The predicted molar refractivity (Wildman–Crippen MR) is 91.5 cm³/mol. The fourth-order valence-corrected chi connectivity index (χ4v) is 2.90. The van der Waals surface area contributed by atoms with Crippen molar-refractivity contribution in [3.63, 3.8) is 0 Å². The maximum Gasteiger partial charge on any atom is 0.434 e. The molecule has 0 fully saturated rings. The van der Waals surface area contributed by atoms with E-state index in [0.717, 1.165) is 48.5 Å². The Bertz CT molecular complexity index is 691. The highest BCUT2D eigenvalue weighted by Gasteiger charge is 2.33. The van der Waals surface area contributed by atoms with Gasteiger partial charge in [-0.3, -0.25) is 4.99 Å². The van der Waals surface area contributed by atoms with Crippen LogP contribution in [0.25, 0.3) is 0 Å². The smallest absolute Gasteiger partial charge is 0.356 e. The number of guanidine groups is 1. The van der Waals surface area contributed by atoms with Gasteiger partial charge < -0.3 is 15.2 Å². The Labute approximate surface area is 148 Å². The molecular formula is C15H21F3N6S. The van der Waals surface area contributed by atoms with Crippen molar-refractivity contribution in [1.82, 2.24) is 25.2 Å². The van der Waals surface area contributed by atoms with Crippen LogP contribution in [0, 0.1) is 6.92 Å². The Morgan fingerprint density at radius 1 is 1.32 bits per heavy atom. The topological polar surface area (TPSA) is 67.1 Å². The molecule has 0 bridgehead atoms. The molecule has 2 heterocycles. The van der Waals surface area contributed by atoms with Crippen LogP contribution in [0.15, 0.2) is 22.8 Å². The molecule has 0 aromatic carbocycles. The van der Waals surface area contributed by atoms with E-state index < -0.39 is 11.9 Å². The van der Waals surface area contributed by atoms with Gasteiger partial charge in [0.15, 0.2) is 11.7 Å². The Morgan fingerprint density at radius 2 is 2.12 bits per heavy atom. The number of imidazole rings is 1. The summed E-state index contributed by atoms with van der Waals surface area (Å²) in [6.45, 7) is 3.79. The standard InChI is InChI=1S/C15H21F3N6S/c1-11-20-6-8-24(11)7-4-3-5-21-14(19-2)22-9-13-23-12(10-25-13)15(16,17)18/h6,8,10H,3-5,7,9H2,1-2H3,(H2,19,21,22). The molecule has 2 aromatic heterocycles. The number of nitrogens with one attached hydrogen (secondary N) is 2. The van der Waals surface area contributed by atoms with Gasteiger partial charge in [-0.25, -0.2) is 9.97 Å². The molecule has 0 amide bonds. The van der Waals surface area contributed by atoms with Crippen LogP contribution in [0.1, 0.15) is 29.4 Å². The van der Waals surface area contributed by atoms with Crippen molar-refractivity contribution in [2.45, 2.75) is 39.0 Å². The van der Waals surface area contributed by atoms with Gasteiger partial charge in [-0.05, 0) is 19.8 Å². The second kappa shape index (κ2) is 8.84. The first kappa shape index (κ1) is 19.2. The lowest BCUT2D eigenvalue weighted by Gasteiger charge is -2.11. The van der Waals surface area contributed by atoms with E-state index in [1.165, 1.54) is 0 Å². The maximum atomic E-state index is 12.5. The molecule has 0 saturated heterocycles. The summed E-state index contributed by atoms with van der Waals surface area (Å²) in [5.41, 5.74) is -0.855. The van der Waals surface area contributed by atoms with Gasteiger partial charge in [0.25, 0.3) is 0 Å². The van der Waals surface area contributed by atoms with Crippen LogP contribution in [0.4, 0.5) is 13.2 Å². The van der Waals surface area contributed by atoms with Gasteiger partial charge in [-0.1, -0.05) is 0 Å². The molecule has 0 radical (unpaired) electrons. The number of aryl methyl sites for hydroxylation is 2. The lowest BCUT2D eigenvalue weighted by molar-refractivity contribution is -0.140. The van der Waals surface area contributed by atoms with E-state index >= 15 is 0 Å². The molecule has 0 aliphatic heterocycles. The summed E-state index contributed by atoms with van der Waals surface area (Å²) in [4.78, 5) is 11.8. The van der Waals surface area contributed by atoms with E-state index in [1.54, 1.807) is 13.2 Å². The lowest BCUT2D eigenvalue weighted by Crippen LogP contribution is -2.37. The van der Waals surface area contributed by atoms with Crippen molar-refractivity contribution in [3.8, 4) is 0 Å². The number of aromatic nitrogens is 3. The van der Waals surface area contributed by atoms with Crippen LogP contribution >= 0.6 is 11.3 Å². The van der Waals surface area contributed by atoms with Crippen molar-refractivity contribution in [3.05, 3.63) is 34.3 Å². The quantitative estimate of drug-likeness (QED) is 0.444. The summed E-state index contributed by atoms with van der Waals surface area (Å²) in [5.74, 6) is 1.54. The third kappa shape index (κ3) is 6.04. The number of thiazole rings is 1. The number of hydrogen-bond acceptors (Lipinski definition) is 4. The van der Waals surface area contributed by atoms with Gasteiger partial charge in [0, 0.05) is 37.9 Å². The fraction of sp³-hybridized carbons (Fsp3) is 0.533. The van der Waals surface area contributed by atoms with Crippen LogP contribution in [-0.2, 0) is 19.3 Å². The Kier molecular flexibility index (Phi) is 6.80. The van der Waals surface area contributed by atoms with Gasteiger partial charge in [0.1, 0.15) is 10.8 Å². The Morgan fingerprint density at radius 3 is 2.72 bits per heavy atom. The lowest BCUT2D eigenvalue weighted by atomic mass is 10.3. The van der Waals surface area contributed by atoms with Crippen LogP contribution in [0.2, 0.25) is 0 Å². The van der Waals surface area contributed by atoms with E-state index in [4.69, 9.17) is 0 Å².